The van der Waals surface area contributed by atoms with Gasteiger partial charge in [-0.1, -0.05) is 66.8 Å². The Morgan fingerprint density at radius 1 is 0.650 bits per heavy atom. The van der Waals surface area contributed by atoms with E-state index in [1.807, 2.05) is 36.4 Å². The van der Waals surface area contributed by atoms with Crippen molar-refractivity contribution in [2.24, 2.45) is 0 Å². The van der Waals surface area contributed by atoms with Crippen LogP contribution < -0.4 is 79.5 Å². The second-order valence-electron chi connectivity index (χ2n) is 3.88. The molecule has 0 aliphatic carbocycles. The molecule has 2 nitrogen and oxygen atoms in total. The molecule has 0 N–H and O–H groups in total. The van der Waals surface area contributed by atoms with E-state index in [2.05, 4.69) is 24.3 Å². The Labute approximate surface area is 167 Å². The van der Waals surface area contributed by atoms with Crippen LogP contribution in [-0.2, 0) is 0 Å². The molecule has 0 atom stereocenters. The molecule has 2 rings (SSSR count). The van der Waals surface area contributed by atoms with Crippen LogP contribution in [0.15, 0.2) is 60.7 Å². The van der Waals surface area contributed by atoms with Gasteiger partial charge in [-0.2, -0.15) is 0 Å². The molecule has 94 valence electrons. The summed E-state index contributed by atoms with van der Waals surface area (Å²) in [6.07, 6.45) is 0.951. The van der Waals surface area contributed by atoms with Gasteiger partial charge in [0.15, 0.2) is 0 Å². The van der Waals surface area contributed by atoms with E-state index >= 15 is 0 Å². The molecule has 0 aliphatic heterocycles. The Bertz CT molecular complexity index is 430. The van der Waals surface area contributed by atoms with Gasteiger partial charge in [-0.15, -0.1) is 0 Å². The first-order valence-corrected chi connectivity index (χ1v) is 8.66. The molecule has 0 heterocycles. The molecule has 6 heteroatoms. The van der Waals surface area contributed by atoms with Gasteiger partial charge in [0.2, 0.25) is 0 Å². The molecule has 0 aromatic heterocycles. The Morgan fingerprint density at radius 3 is 1.40 bits per heavy atom. The zero-order valence-corrected chi connectivity index (χ0v) is 17.7. The topological polar surface area (TPSA) is 46.1 Å². The van der Waals surface area contributed by atoms with E-state index in [0.29, 0.717) is 6.16 Å². The number of rotatable bonds is 5. The maximum absolute atomic E-state index is 10.8. The minimum absolute atomic E-state index is 0. The summed E-state index contributed by atoms with van der Waals surface area (Å²) in [5.74, 6) is 0. The fourth-order valence-electron chi connectivity index (χ4n) is 1.80. The van der Waals surface area contributed by atoms with Crippen LogP contribution in [0.4, 0.5) is 0 Å². The van der Waals surface area contributed by atoms with Gasteiger partial charge in [0.05, 0.1) is 0 Å². The largest absolute Gasteiger partial charge is 1.00 e. The van der Waals surface area contributed by atoms with Crippen LogP contribution in [-0.4, -0.2) is 12.3 Å². The van der Waals surface area contributed by atoms with Crippen LogP contribution in [0.25, 0.3) is 0 Å². The Balaban J connectivity index is 0.00000180. The summed E-state index contributed by atoms with van der Waals surface area (Å²) < 4.78 is 0. The summed E-state index contributed by atoms with van der Waals surface area (Å²) in [4.78, 5) is 21.6. The predicted molar refractivity (Wildman–Crippen MR) is 75.7 cm³/mol. The van der Waals surface area contributed by atoms with Crippen molar-refractivity contribution in [1.82, 2.24) is 0 Å². The predicted octanol–water partition coefficient (Wildman–Crippen LogP) is -4.84. The van der Waals surface area contributed by atoms with Crippen LogP contribution in [0, 0.1) is 0 Å². The number of hydrogen-bond donors (Lipinski definition) is 0. The summed E-state index contributed by atoms with van der Waals surface area (Å²) in [5, 5.41) is 2.46. The molecule has 2 aromatic rings. The standard InChI is InChI=1S/C14H14O2P2.2Na/c15-18(16)12-11-17(13-7-3-1-4-8-13)14-9-5-2-6-10-14;;/h1-10H,11-12H2;;/q-2;2*+1. The molecule has 0 unspecified atom stereocenters. The van der Waals surface area contributed by atoms with Crippen LogP contribution in [0.3, 0.4) is 0 Å². The molecule has 0 amide bonds. The summed E-state index contributed by atoms with van der Waals surface area (Å²) in [6, 6.07) is 20.3. The summed E-state index contributed by atoms with van der Waals surface area (Å²) in [5.41, 5.74) is 0. The third-order valence-electron chi connectivity index (χ3n) is 2.64. The summed E-state index contributed by atoms with van der Waals surface area (Å²) >= 11 is 0. The molecule has 0 bridgehead atoms. The van der Waals surface area contributed by atoms with E-state index in [1.165, 1.54) is 10.6 Å². The SMILES string of the molecule is [Na+].[Na+].[O-]P([O-])CCP(c1ccccc1)c1ccccc1. The van der Waals surface area contributed by atoms with Gasteiger partial charge in [0.1, 0.15) is 0 Å². The quantitative estimate of drug-likeness (QED) is 0.410. The summed E-state index contributed by atoms with van der Waals surface area (Å²) in [7, 11) is -2.86. The fourth-order valence-corrected chi connectivity index (χ4v) is 5.14. The van der Waals surface area contributed by atoms with Gasteiger partial charge in [-0.05, 0) is 24.7 Å². The molecule has 0 spiro atoms. The minimum Gasteiger partial charge on any atom is -0.842 e. The first kappa shape index (κ1) is 21.2. The normalized spacial score (nSPS) is 10.0. The second-order valence-corrected chi connectivity index (χ2v) is 7.33. The Kier molecular flexibility index (Phi) is 12.5. The Hall–Kier alpha value is 1.22. The van der Waals surface area contributed by atoms with Gasteiger partial charge in [0.25, 0.3) is 0 Å². The van der Waals surface area contributed by atoms with Crippen molar-refractivity contribution in [2.75, 3.05) is 12.3 Å². The van der Waals surface area contributed by atoms with Crippen molar-refractivity contribution in [3.05, 3.63) is 60.7 Å². The first-order chi connectivity index (χ1) is 8.77. The van der Waals surface area contributed by atoms with E-state index in [4.69, 9.17) is 0 Å². The van der Waals surface area contributed by atoms with Crippen molar-refractivity contribution < 1.29 is 68.9 Å². The van der Waals surface area contributed by atoms with Crippen molar-refractivity contribution in [3.8, 4) is 0 Å². The molecule has 0 radical (unpaired) electrons. The van der Waals surface area contributed by atoms with Crippen molar-refractivity contribution in [3.63, 3.8) is 0 Å². The maximum Gasteiger partial charge on any atom is 1.00 e. The van der Waals surface area contributed by atoms with Crippen molar-refractivity contribution in [1.29, 1.82) is 0 Å². The molecule has 20 heavy (non-hydrogen) atoms. The van der Waals surface area contributed by atoms with E-state index in [-0.39, 0.29) is 65.3 Å². The van der Waals surface area contributed by atoms with Crippen LogP contribution in [0.2, 0.25) is 0 Å². The molecule has 0 fully saturated rings. The fraction of sp³-hybridized carbons (Fsp3) is 0.143. The monoisotopic (exact) mass is 322 g/mol. The average molecular weight is 322 g/mol. The molecular formula is C14H14Na2O2P2. The Morgan fingerprint density at radius 2 is 1.05 bits per heavy atom. The number of hydrogen-bond acceptors (Lipinski definition) is 2. The summed E-state index contributed by atoms with van der Waals surface area (Å²) in [6.45, 7) is 0. The smallest absolute Gasteiger partial charge is 0.842 e. The molecule has 2 aromatic carbocycles. The third-order valence-corrected chi connectivity index (χ3v) is 6.10. The molecular weight excluding hydrogens is 308 g/mol. The first-order valence-electron chi connectivity index (χ1n) is 5.77. The van der Waals surface area contributed by atoms with Crippen LogP contribution >= 0.6 is 16.3 Å². The minimum atomic E-state index is -2.30. The van der Waals surface area contributed by atoms with E-state index in [9.17, 15) is 9.79 Å². The number of benzene rings is 2. The van der Waals surface area contributed by atoms with Gasteiger partial charge in [0, 0.05) is 0 Å². The van der Waals surface area contributed by atoms with Crippen molar-refractivity contribution in [2.45, 2.75) is 0 Å². The van der Waals surface area contributed by atoms with Gasteiger partial charge in [-0.3, -0.25) is 0 Å². The molecule has 0 aliphatic rings. The van der Waals surface area contributed by atoms with Gasteiger partial charge >= 0.3 is 59.1 Å². The third kappa shape index (κ3) is 6.99. The van der Waals surface area contributed by atoms with Crippen molar-refractivity contribution >= 4 is 26.9 Å². The zero-order valence-electron chi connectivity index (χ0n) is 11.9. The maximum atomic E-state index is 10.8. The van der Waals surface area contributed by atoms with Gasteiger partial charge < -0.3 is 18.2 Å². The van der Waals surface area contributed by atoms with E-state index in [0.717, 1.165) is 0 Å². The molecule has 0 saturated carbocycles. The zero-order chi connectivity index (χ0) is 12.8. The van der Waals surface area contributed by atoms with Crippen LogP contribution in [0.5, 0.6) is 0 Å². The molecule has 0 saturated heterocycles. The second kappa shape index (κ2) is 11.7. The van der Waals surface area contributed by atoms with E-state index in [1.54, 1.807) is 0 Å². The van der Waals surface area contributed by atoms with Crippen LogP contribution in [0.1, 0.15) is 0 Å². The average Bonchev–Trinajstić information content (AvgIpc) is 2.41. The van der Waals surface area contributed by atoms with E-state index < -0.39 is 16.3 Å². The van der Waals surface area contributed by atoms with Gasteiger partial charge in [-0.25, -0.2) is 0 Å².